The maximum Gasteiger partial charge on any atom is 0.221 e. The second-order valence-corrected chi connectivity index (χ2v) is 4.29. The van der Waals surface area contributed by atoms with Gasteiger partial charge in [0.2, 0.25) is 5.91 Å². The quantitative estimate of drug-likeness (QED) is 0.451. The summed E-state index contributed by atoms with van der Waals surface area (Å²) in [7, 11) is 1.51. The fraction of sp³-hybridized carbons (Fsp3) is 0.889. The van der Waals surface area contributed by atoms with E-state index in [1.807, 2.05) is 20.8 Å². The molecule has 0 radical (unpaired) electrons. The number of hydrogen-bond donors (Lipinski definition) is 4. The number of rotatable bonds is 4. The lowest BCUT2D eigenvalue weighted by Gasteiger charge is -2.29. The molecular formula is C9H20N2O3. The lowest BCUT2D eigenvalue weighted by atomic mass is 10.0. The second kappa shape index (κ2) is 5.29. The number of carbonyl (C=O) groups excluding carboxylic acids is 1. The van der Waals surface area contributed by atoms with Crippen molar-refractivity contribution in [1.82, 2.24) is 10.6 Å². The molecule has 0 saturated heterocycles. The molecule has 0 saturated carbocycles. The van der Waals surface area contributed by atoms with Crippen LogP contribution in [0.5, 0.6) is 0 Å². The molecule has 5 nitrogen and oxygen atoms in total. The van der Waals surface area contributed by atoms with E-state index in [0.717, 1.165) is 0 Å². The van der Waals surface area contributed by atoms with Crippen LogP contribution in [0.1, 0.15) is 27.2 Å². The number of aliphatic hydroxyl groups is 2. The number of carbonyl (C=O) groups is 1. The third-order valence-corrected chi connectivity index (χ3v) is 1.66. The van der Waals surface area contributed by atoms with Crippen LogP contribution in [0, 0.1) is 0 Å². The summed E-state index contributed by atoms with van der Waals surface area (Å²) in [6, 6.07) is -0.644. The number of aliphatic hydroxyl groups excluding tert-OH is 1. The largest absolute Gasteiger partial charge is 0.367 e. The van der Waals surface area contributed by atoms with Gasteiger partial charge < -0.3 is 20.8 Å². The average Bonchev–Trinajstić information content (AvgIpc) is 2.00. The normalized spacial score (nSPS) is 14.2. The Hall–Kier alpha value is -0.650. The van der Waals surface area contributed by atoms with Gasteiger partial charge in [-0.3, -0.25) is 4.79 Å². The molecule has 0 aromatic rings. The Kier molecular flexibility index (Phi) is 5.04. The molecule has 0 fully saturated rings. The maximum atomic E-state index is 11.0. The Bertz CT molecular complexity index is 187. The highest BCUT2D eigenvalue weighted by Crippen LogP contribution is 2.06. The molecule has 5 heteroatoms. The molecule has 0 heterocycles. The Morgan fingerprint density at radius 1 is 1.36 bits per heavy atom. The monoisotopic (exact) mass is 204 g/mol. The van der Waals surface area contributed by atoms with Crippen LogP contribution in [-0.4, -0.2) is 41.0 Å². The summed E-state index contributed by atoms with van der Waals surface area (Å²) >= 11 is 0. The summed E-state index contributed by atoms with van der Waals surface area (Å²) in [5, 5.41) is 23.5. The summed E-state index contributed by atoms with van der Waals surface area (Å²) in [6.07, 6.45) is -1.49. The topological polar surface area (TPSA) is 81.6 Å². The fourth-order valence-corrected chi connectivity index (χ4v) is 1.09. The molecule has 4 N–H and O–H groups in total. The smallest absolute Gasteiger partial charge is 0.221 e. The Balaban J connectivity index is 4.24. The first-order chi connectivity index (χ1) is 6.26. The molecule has 14 heavy (non-hydrogen) atoms. The molecule has 84 valence electrons. The van der Waals surface area contributed by atoms with E-state index in [1.165, 1.54) is 7.05 Å². The summed E-state index contributed by atoms with van der Waals surface area (Å²) in [5.74, 6) is -0.222. The van der Waals surface area contributed by atoms with E-state index in [0.29, 0.717) is 0 Å². The van der Waals surface area contributed by atoms with Crippen LogP contribution in [0.2, 0.25) is 0 Å². The second-order valence-electron chi connectivity index (χ2n) is 4.29. The molecule has 0 aliphatic rings. The van der Waals surface area contributed by atoms with Crippen molar-refractivity contribution in [3.63, 3.8) is 0 Å². The minimum absolute atomic E-state index is 0.0471. The van der Waals surface area contributed by atoms with Crippen molar-refractivity contribution in [2.45, 2.75) is 45.1 Å². The summed E-state index contributed by atoms with van der Waals surface area (Å²) in [4.78, 5) is 11.0. The van der Waals surface area contributed by atoms with Crippen LogP contribution in [0.25, 0.3) is 0 Å². The Morgan fingerprint density at radius 3 is 2.14 bits per heavy atom. The molecular weight excluding hydrogens is 184 g/mol. The number of hydrogen-bond acceptors (Lipinski definition) is 4. The molecule has 0 aliphatic carbocycles. The predicted octanol–water partition coefficient (Wildman–Crippen LogP) is -0.810. The molecule has 0 aromatic carbocycles. The Morgan fingerprint density at radius 2 is 1.86 bits per heavy atom. The highest BCUT2D eigenvalue weighted by molar-refractivity contribution is 5.76. The molecule has 0 bridgehead atoms. The lowest BCUT2D eigenvalue weighted by Crippen LogP contribution is -2.51. The zero-order valence-corrected chi connectivity index (χ0v) is 9.16. The highest BCUT2D eigenvalue weighted by Gasteiger charge is 2.24. The number of amides is 1. The van der Waals surface area contributed by atoms with Crippen molar-refractivity contribution in [3.8, 4) is 0 Å². The van der Waals surface area contributed by atoms with Gasteiger partial charge >= 0.3 is 0 Å². The van der Waals surface area contributed by atoms with E-state index in [-0.39, 0.29) is 17.9 Å². The Labute approximate surface area is 84.5 Å². The molecule has 1 unspecified atom stereocenters. The van der Waals surface area contributed by atoms with E-state index in [4.69, 9.17) is 10.2 Å². The van der Waals surface area contributed by atoms with Gasteiger partial charge in [0.05, 0.1) is 6.04 Å². The molecule has 0 spiro atoms. The van der Waals surface area contributed by atoms with Crippen LogP contribution in [0.15, 0.2) is 0 Å². The SMILES string of the molecule is CNC(=O)CC(NC(C)(C)C)C(O)O. The van der Waals surface area contributed by atoms with Crippen molar-refractivity contribution in [2.75, 3.05) is 7.05 Å². The van der Waals surface area contributed by atoms with Gasteiger partial charge in [0.25, 0.3) is 0 Å². The zero-order chi connectivity index (χ0) is 11.4. The first-order valence-corrected chi connectivity index (χ1v) is 4.60. The van der Waals surface area contributed by atoms with Crippen molar-refractivity contribution < 1.29 is 15.0 Å². The first-order valence-electron chi connectivity index (χ1n) is 4.60. The average molecular weight is 204 g/mol. The van der Waals surface area contributed by atoms with Crippen molar-refractivity contribution in [2.24, 2.45) is 0 Å². The van der Waals surface area contributed by atoms with Crippen LogP contribution >= 0.6 is 0 Å². The van der Waals surface area contributed by atoms with Crippen molar-refractivity contribution in [1.29, 1.82) is 0 Å². The fourth-order valence-electron chi connectivity index (χ4n) is 1.09. The number of nitrogens with one attached hydrogen (secondary N) is 2. The van der Waals surface area contributed by atoms with E-state index in [9.17, 15) is 4.79 Å². The minimum Gasteiger partial charge on any atom is -0.367 e. The lowest BCUT2D eigenvalue weighted by molar-refractivity contribution is -0.126. The molecule has 0 aliphatic heterocycles. The van der Waals surface area contributed by atoms with Gasteiger partial charge in [-0.25, -0.2) is 0 Å². The van der Waals surface area contributed by atoms with Crippen LogP contribution in [0.3, 0.4) is 0 Å². The molecule has 0 aromatic heterocycles. The van der Waals surface area contributed by atoms with Gasteiger partial charge in [0.15, 0.2) is 6.29 Å². The van der Waals surface area contributed by atoms with Gasteiger partial charge in [-0.05, 0) is 20.8 Å². The van der Waals surface area contributed by atoms with E-state index < -0.39 is 12.3 Å². The van der Waals surface area contributed by atoms with Crippen molar-refractivity contribution >= 4 is 5.91 Å². The van der Waals surface area contributed by atoms with Crippen LogP contribution in [0.4, 0.5) is 0 Å². The summed E-state index contributed by atoms with van der Waals surface area (Å²) < 4.78 is 0. The van der Waals surface area contributed by atoms with E-state index >= 15 is 0 Å². The standard InChI is InChI=1S/C9H20N2O3/c1-9(2,3)11-6(8(13)14)5-7(12)10-4/h6,8,11,13-14H,5H2,1-4H3,(H,10,12). The van der Waals surface area contributed by atoms with Gasteiger partial charge in [-0.1, -0.05) is 0 Å². The van der Waals surface area contributed by atoms with Gasteiger partial charge in [-0.2, -0.15) is 0 Å². The van der Waals surface area contributed by atoms with Crippen molar-refractivity contribution in [3.05, 3.63) is 0 Å². The van der Waals surface area contributed by atoms with Gasteiger partial charge in [0.1, 0.15) is 0 Å². The third-order valence-electron chi connectivity index (χ3n) is 1.66. The van der Waals surface area contributed by atoms with Gasteiger partial charge in [0, 0.05) is 19.0 Å². The van der Waals surface area contributed by atoms with E-state index in [1.54, 1.807) is 0 Å². The zero-order valence-electron chi connectivity index (χ0n) is 9.16. The minimum atomic E-state index is -1.54. The molecule has 1 amide bonds. The first kappa shape index (κ1) is 13.4. The van der Waals surface area contributed by atoms with E-state index in [2.05, 4.69) is 10.6 Å². The van der Waals surface area contributed by atoms with Crippen LogP contribution in [-0.2, 0) is 4.79 Å². The highest BCUT2D eigenvalue weighted by atomic mass is 16.5. The molecule has 0 rings (SSSR count). The third kappa shape index (κ3) is 5.90. The maximum absolute atomic E-state index is 11.0. The van der Waals surface area contributed by atoms with Crippen LogP contribution < -0.4 is 10.6 Å². The summed E-state index contributed by atoms with van der Waals surface area (Å²) in [6.45, 7) is 5.69. The molecule has 1 atom stereocenters. The summed E-state index contributed by atoms with van der Waals surface area (Å²) in [5.41, 5.74) is -0.262. The van der Waals surface area contributed by atoms with Gasteiger partial charge in [-0.15, -0.1) is 0 Å². The predicted molar refractivity (Wildman–Crippen MR) is 53.6 cm³/mol.